The molecule has 0 saturated heterocycles. The van der Waals surface area contributed by atoms with E-state index < -0.39 is 0 Å². The summed E-state index contributed by atoms with van der Waals surface area (Å²) in [6.07, 6.45) is 6.42. The Bertz CT molecular complexity index is 1020. The summed E-state index contributed by atoms with van der Waals surface area (Å²) in [5, 5.41) is 8.21. The molecule has 0 atom stereocenters. The van der Waals surface area contributed by atoms with Crippen molar-refractivity contribution in [1.29, 1.82) is 0 Å². The minimum atomic E-state index is -0.308. The molecule has 1 aliphatic carbocycles. The first kappa shape index (κ1) is 17.3. The molecule has 3 aromatic rings. The van der Waals surface area contributed by atoms with Gasteiger partial charge < -0.3 is 10.1 Å². The van der Waals surface area contributed by atoms with Crippen LogP contribution in [0.2, 0.25) is 0 Å². The molecule has 0 aliphatic heterocycles. The zero-order valence-corrected chi connectivity index (χ0v) is 14.9. The molecule has 0 radical (unpaired) electrons. The van der Waals surface area contributed by atoms with Gasteiger partial charge in [-0.3, -0.25) is 9.59 Å². The third kappa shape index (κ3) is 4.00. The van der Waals surface area contributed by atoms with Gasteiger partial charge in [0.2, 0.25) is 5.91 Å². The van der Waals surface area contributed by atoms with Crippen LogP contribution in [0, 0.1) is 0 Å². The van der Waals surface area contributed by atoms with Crippen LogP contribution < -0.4 is 15.6 Å². The highest BCUT2D eigenvalue weighted by atomic mass is 16.5. The van der Waals surface area contributed by atoms with Crippen LogP contribution in [-0.2, 0) is 11.3 Å². The number of nitrogens with zero attached hydrogens (tertiary/aromatic N) is 2. The maximum atomic E-state index is 12.5. The van der Waals surface area contributed by atoms with E-state index in [1.54, 1.807) is 24.4 Å². The fraction of sp³-hybridized carbons (Fsp3) is 0.286. The van der Waals surface area contributed by atoms with Gasteiger partial charge in [-0.25, -0.2) is 4.68 Å². The molecule has 27 heavy (non-hydrogen) atoms. The molecular weight excluding hydrogens is 342 g/mol. The normalized spacial score (nSPS) is 14.4. The second-order valence-electron chi connectivity index (χ2n) is 6.79. The van der Waals surface area contributed by atoms with Gasteiger partial charge in [0.1, 0.15) is 12.3 Å². The van der Waals surface area contributed by atoms with E-state index in [0.717, 1.165) is 24.0 Å². The summed E-state index contributed by atoms with van der Waals surface area (Å²) in [6.45, 7) is -0.141. The average Bonchev–Trinajstić information content (AvgIpc) is 3.17. The molecule has 1 heterocycles. The number of carbonyl (C=O) groups excluding carboxylic acids is 1. The quantitative estimate of drug-likeness (QED) is 0.754. The number of fused-ring (bicyclic) bond motifs is 1. The molecule has 1 fully saturated rings. The third-order valence-electron chi connectivity index (χ3n) is 4.78. The van der Waals surface area contributed by atoms with Crippen LogP contribution in [0.1, 0.15) is 25.7 Å². The lowest BCUT2D eigenvalue weighted by Crippen LogP contribution is -2.29. The summed E-state index contributed by atoms with van der Waals surface area (Å²) < 4.78 is 7.14. The van der Waals surface area contributed by atoms with E-state index in [1.807, 2.05) is 30.3 Å². The van der Waals surface area contributed by atoms with Gasteiger partial charge in [-0.05, 0) is 43.9 Å². The highest BCUT2D eigenvalue weighted by molar-refractivity contribution is 5.91. The zero-order chi connectivity index (χ0) is 18.6. The lowest BCUT2D eigenvalue weighted by molar-refractivity contribution is -0.117. The first-order chi connectivity index (χ1) is 13.2. The number of anilines is 1. The number of ether oxygens (including phenoxy) is 1. The molecule has 1 aliphatic rings. The van der Waals surface area contributed by atoms with Gasteiger partial charge >= 0.3 is 0 Å². The van der Waals surface area contributed by atoms with Crippen molar-refractivity contribution in [1.82, 2.24) is 9.78 Å². The Hall–Kier alpha value is -3.15. The maximum Gasteiger partial charge on any atom is 0.275 e. The average molecular weight is 363 g/mol. The molecule has 6 heteroatoms. The summed E-state index contributed by atoms with van der Waals surface area (Å²) in [5.41, 5.74) is 0.367. The van der Waals surface area contributed by atoms with E-state index in [2.05, 4.69) is 10.4 Å². The van der Waals surface area contributed by atoms with Crippen LogP contribution in [0.4, 0.5) is 5.69 Å². The van der Waals surface area contributed by atoms with Gasteiger partial charge in [0.25, 0.3) is 5.56 Å². The standard InChI is InChI=1S/C21H21N3O3/c25-20(14-24-21(26)19-11-4-1-6-15(19)13-22-24)23-16-7-5-10-18(12-16)27-17-8-2-3-9-17/h1,4-7,10-13,17H,2-3,8-9,14H2,(H,23,25). The van der Waals surface area contributed by atoms with Crippen molar-refractivity contribution in [2.24, 2.45) is 0 Å². The molecule has 0 unspecified atom stereocenters. The largest absolute Gasteiger partial charge is 0.490 e. The van der Waals surface area contributed by atoms with Crippen molar-refractivity contribution in [3.63, 3.8) is 0 Å². The van der Waals surface area contributed by atoms with Gasteiger partial charge in [0.05, 0.1) is 17.7 Å². The third-order valence-corrected chi connectivity index (χ3v) is 4.78. The van der Waals surface area contributed by atoms with E-state index >= 15 is 0 Å². The minimum absolute atomic E-state index is 0.141. The smallest absolute Gasteiger partial charge is 0.275 e. The topological polar surface area (TPSA) is 73.2 Å². The van der Waals surface area contributed by atoms with E-state index in [9.17, 15) is 9.59 Å². The number of benzene rings is 2. The van der Waals surface area contributed by atoms with Crippen molar-refractivity contribution in [2.75, 3.05) is 5.32 Å². The van der Waals surface area contributed by atoms with Crippen LogP contribution >= 0.6 is 0 Å². The molecule has 4 rings (SSSR count). The van der Waals surface area contributed by atoms with Crippen molar-refractivity contribution >= 4 is 22.4 Å². The predicted molar refractivity (Wildman–Crippen MR) is 104 cm³/mol. The Morgan fingerprint density at radius 3 is 2.81 bits per heavy atom. The first-order valence-electron chi connectivity index (χ1n) is 9.20. The molecule has 2 aromatic carbocycles. The minimum Gasteiger partial charge on any atom is -0.490 e. The number of nitrogens with one attached hydrogen (secondary N) is 1. The molecule has 1 aromatic heterocycles. The number of rotatable bonds is 5. The van der Waals surface area contributed by atoms with E-state index in [4.69, 9.17) is 4.74 Å². The number of hydrogen-bond acceptors (Lipinski definition) is 4. The lowest BCUT2D eigenvalue weighted by atomic mass is 10.2. The molecule has 1 N–H and O–H groups in total. The molecular formula is C21H21N3O3. The van der Waals surface area contributed by atoms with Crippen molar-refractivity contribution < 1.29 is 9.53 Å². The Labute approximate surface area is 156 Å². The summed E-state index contributed by atoms with van der Waals surface area (Å²) >= 11 is 0. The zero-order valence-electron chi connectivity index (χ0n) is 14.9. The van der Waals surface area contributed by atoms with E-state index in [-0.39, 0.29) is 24.1 Å². The first-order valence-corrected chi connectivity index (χ1v) is 9.20. The van der Waals surface area contributed by atoms with Gasteiger partial charge in [-0.2, -0.15) is 5.10 Å². The Morgan fingerprint density at radius 1 is 1.15 bits per heavy atom. The second-order valence-corrected chi connectivity index (χ2v) is 6.79. The molecule has 1 amide bonds. The van der Waals surface area contributed by atoms with Gasteiger partial charge in [0.15, 0.2) is 0 Å². The van der Waals surface area contributed by atoms with Crippen LogP contribution in [0.5, 0.6) is 5.75 Å². The van der Waals surface area contributed by atoms with Gasteiger partial charge in [-0.15, -0.1) is 0 Å². The highest BCUT2D eigenvalue weighted by Crippen LogP contribution is 2.25. The summed E-state index contributed by atoms with van der Waals surface area (Å²) in [6, 6.07) is 14.6. The molecule has 6 nitrogen and oxygen atoms in total. The summed E-state index contributed by atoms with van der Waals surface area (Å²) in [5.74, 6) is 0.443. The van der Waals surface area contributed by atoms with Gasteiger partial charge in [0, 0.05) is 17.1 Å². The Balaban J connectivity index is 1.45. The van der Waals surface area contributed by atoms with Crippen LogP contribution in [0.15, 0.2) is 59.5 Å². The monoisotopic (exact) mass is 363 g/mol. The van der Waals surface area contributed by atoms with Crippen LogP contribution in [0.25, 0.3) is 10.8 Å². The summed E-state index contributed by atoms with van der Waals surface area (Å²) in [4.78, 5) is 24.8. The number of carbonyl (C=O) groups is 1. The maximum absolute atomic E-state index is 12.5. The number of hydrogen-bond donors (Lipinski definition) is 1. The highest BCUT2D eigenvalue weighted by Gasteiger charge is 2.16. The number of amides is 1. The lowest BCUT2D eigenvalue weighted by Gasteiger charge is -2.14. The molecule has 0 bridgehead atoms. The summed E-state index contributed by atoms with van der Waals surface area (Å²) in [7, 11) is 0. The molecule has 138 valence electrons. The Morgan fingerprint density at radius 2 is 1.96 bits per heavy atom. The number of aromatic nitrogens is 2. The van der Waals surface area contributed by atoms with Crippen molar-refractivity contribution in [3.8, 4) is 5.75 Å². The fourth-order valence-electron chi connectivity index (χ4n) is 3.42. The second kappa shape index (κ2) is 7.61. The SMILES string of the molecule is O=C(Cn1ncc2ccccc2c1=O)Nc1cccc(OC2CCCC2)c1. The molecule has 1 saturated carbocycles. The van der Waals surface area contributed by atoms with E-state index in [1.165, 1.54) is 17.5 Å². The Kier molecular flexibility index (Phi) is 4.87. The van der Waals surface area contributed by atoms with Gasteiger partial charge in [-0.1, -0.05) is 24.3 Å². The predicted octanol–water partition coefficient (Wildman–Crippen LogP) is 3.36. The van der Waals surface area contributed by atoms with Crippen LogP contribution in [-0.4, -0.2) is 21.8 Å². The van der Waals surface area contributed by atoms with Crippen molar-refractivity contribution in [3.05, 3.63) is 65.1 Å². The van der Waals surface area contributed by atoms with Crippen molar-refractivity contribution in [2.45, 2.75) is 38.3 Å². The molecule has 0 spiro atoms. The van der Waals surface area contributed by atoms with E-state index in [0.29, 0.717) is 11.1 Å². The van der Waals surface area contributed by atoms with Crippen LogP contribution in [0.3, 0.4) is 0 Å². The fourth-order valence-corrected chi connectivity index (χ4v) is 3.42.